The van der Waals surface area contributed by atoms with Crippen LogP contribution in [0.4, 0.5) is 4.39 Å². The Balaban J connectivity index is 2.74. The van der Waals surface area contributed by atoms with E-state index in [0.717, 1.165) is 0 Å². The van der Waals surface area contributed by atoms with Gasteiger partial charge in [0.2, 0.25) is 0 Å². The molecule has 10 heavy (non-hydrogen) atoms. The van der Waals surface area contributed by atoms with Crippen LogP contribution < -0.4 is 0 Å². The highest BCUT2D eigenvalue weighted by Gasteiger charge is 2.29. The van der Waals surface area contributed by atoms with E-state index in [2.05, 4.69) is 15.9 Å². The molecule has 0 saturated heterocycles. The minimum absolute atomic E-state index is 0.0162. The largest absolute Gasteiger partial charge is 0.239 e. The van der Waals surface area contributed by atoms with Gasteiger partial charge in [0.1, 0.15) is 5.67 Å². The zero-order chi connectivity index (χ0) is 7.61. The second-order valence-corrected chi connectivity index (χ2v) is 3.30. The average molecular weight is 205 g/mol. The van der Waals surface area contributed by atoms with E-state index >= 15 is 0 Å². The third-order valence-corrected chi connectivity index (χ3v) is 2.47. The molecule has 0 bridgehead atoms. The molecule has 2 atom stereocenters. The predicted octanol–water partition coefficient (Wildman–Crippen LogP) is 2.85. The van der Waals surface area contributed by atoms with E-state index in [1.165, 1.54) is 0 Å². The fourth-order valence-electron chi connectivity index (χ4n) is 0.956. The highest BCUT2D eigenvalue weighted by molar-refractivity contribution is 9.09. The molecule has 0 spiro atoms. The molecule has 0 aliphatic heterocycles. The Morgan fingerprint density at radius 1 is 1.60 bits per heavy atom. The van der Waals surface area contributed by atoms with Crippen molar-refractivity contribution in [2.24, 2.45) is 5.92 Å². The summed E-state index contributed by atoms with van der Waals surface area (Å²) in [6.45, 7) is 1.60. The van der Waals surface area contributed by atoms with Gasteiger partial charge in [-0.3, -0.25) is 0 Å². The minimum atomic E-state index is -1.17. The fourth-order valence-corrected chi connectivity index (χ4v) is 1.80. The number of rotatable bonds is 1. The molecule has 0 saturated carbocycles. The molecule has 0 nitrogen and oxygen atoms in total. The molecule has 1 aliphatic rings. The fraction of sp³-hybridized carbons (Fsp3) is 0.500. The topological polar surface area (TPSA) is 0 Å². The zero-order valence-corrected chi connectivity index (χ0v) is 7.44. The summed E-state index contributed by atoms with van der Waals surface area (Å²) in [4.78, 5) is 0. The van der Waals surface area contributed by atoms with E-state index in [0.29, 0.717) is 5.33 Å². The number of allylic oxidation sites excluding steroid dienone is 4. The third kappa shape index (κ3) is 1.48. The molecule has 0 radical (unpaired) electrons. The summed E-state index contributed by atoms with van der Waals surface area (Å²) in [7, 11) is 0. The molecule has 2 heteroatoms. The number of hydrogen-bond acceptors (Lipinski definition) is 0. The lowest BCUT2D eigenvalue weighted by Crippen LogP contribution is -2.28. The molecule has 0 fully saturated rings. The smallest absolute Gasteiger partial charge is 0.133 e. The summed E-state index contributed by atoms with van der Waals surface area (Å²) < 4.78 is 13.4. The Bertz CT molecular complexity index is 170. The Kier molecular flexibility index (Phi) is 2.29. The molecular formula is C8H10BrF. The van der Waals surface area contributed by atoms with Crippen LogP contribution in [0, 0.1) is 5.92 Å². The highest BCUT2D eigenvalue weighted by Crippen LogP contribution is 2.29. The molecule has 1 aliphatic carbocycles. The normalized spacial score (nSPS) is 38.5. The number of halogens is 2. The molecule has 0 amide bonds. The van der Waals surface area contributed by atoms with Gasteiger partial charge in [-0.25, -0.2) is 4.39 Å². The summed E-state index contributed by atoms with van der Waals surface area (Å²) in [5.41, 5.74) is -1.17. The second kappa shape index (κ2) is 2.87. The monoisotopic (exact) mass is 204 g/mol. The van der Waals surface area contributed by atoms with Crippen LogP contribution in [0.5, 0.6) is 0 Å². The van der Waals surface area contributed by atoms with Crippen molar-refractivity contribution >= 4 is 15.9 Å². The Morgan fingerprint density at radius 3 is 2.70 bits per heavy atom. The molecular weight excluding hydrogens is 195 g/mol. The van der Waals surface area contributed by atoms with Gasteiger partial charge in [-0.05, 0) is 13.0 Å². The average Bonchev–Trinajstić information content (AvgIpc) is 1.87. The Morgan fingerprint density at radius 2 is 2.30 bits per heavy atom. The van der Waals surface area contributed by atoms with Gasteiger partial charge >= 0.3 is 0 Å². The van der Waals surface area contributed by atoms with Gasteiger partial charge in [0.25, 0.3) is 0 Å². The maximum atomic E-state index is 13.4. The second-order valence-electron chi connectivity index (χ2n) is 2.66. The van der Waals surface area contributed by atoms with Crippen molar-refractivity contribution in [3.63, 3.8) is 0 Å². The van der Waals surface area contributed by atoms with E-state index in [9.17, 15) is 4.39 Å². The molecule has 1 rings (SSSR count). The lowest BCUT2D eigenvalue weighted by molar-refractivity contribution is 0.203. The summed E-state index contributed by atoms with van der Waals surface area (Å²) in [5, 5.41) is 0.681. The van der Waals surface area contributed by atoms with Crippen molar-refractivity contribution < 1.29 is 4.39 Å². The van der Waals surface area contributed by atoms with Gasteiger partial charge in [-0.1, -0.05) is 34.2 Å². The highest BCUT2D eigenvalue weighted by atomic mass is 79.9. The van der Waals surface area contributed by atoms with Gasteiger partial charge in [-0.15, -0.1) is 0 Å². The quantitative estimate of drug-likeness (QED) is 0.577. The summed E-state index contributed by atoms with van der Waals surface area (Å²) >= 11 is 3.26. The van der Waals surface area contributed by atoms with Crippen molar-refractivity contribution in [3.05, 3.63) is 24.3 Å². The van der Waals surface area contributed by atoms with Gasteiger partial charge in [-0.2, -0.15) is 0 Å². The minimum Gasteiger partial charge on any atom is -0.239 e. The maximum Gasteiger partial charge on any atom is 0.133 e. The van der Waals surface area contributed by atoms with E-state index in [1.807, 2.05) is 12.2 Å². The van der Waals surface area contributed by atoms with Crippen molar-refractivity contribution in [2.45, 2.75) is 12.6 Å². The molecule has 56 valence electrons. The van der Waals surface area contributed by atoms with Crippen LogP contribution in [0.15, 0.2) is 24.3 Å². The van der Waals surface area contributed by atoms with Crippen LogP contribution in [0.25, 0.3) is 0 Å². The van der Waals surface area contributed by atoms with E-state index in [-0.39, 0.29) is 5.92 Å². The molecule has 0 aromatic carbocycles. The first kappa shape index (κ1) is 7.99. The molecule has 0 aromatic heterocycles. The van der Waals surface area contributed by atoms with Crippen LogP contribution >= 0.6 is 15.9 Å². The summed E-state index contributed by atoms with van der Waals surface area (Å²) in [6, 6.07) is 0. The van der Waals surface area contributed by atoms with Crippen LogP contribution in [-0.2, 0) is 0 Å². The van der Waals surface area contributed by atoms with E-state index < -0.39 is 5.67 Å². The Labute approximate surface area is 68.9 Å². The van der Waals surface area contributed by atoms with Crippen molar-refractivity contribution in [1.82, 2.24) is 0 Å². The zero-order valence-electron chi connectivity index (χ0n) is 5.85. The maximum absolute atomic E-state index is 13.4. The van der Waals surface area contributed by atoms with E-state index in [1.54, 1.807) is 19.1 Å². The number of hydrogen-bond donors (Lipinski definition) is 0. The van der Waals surface area contributed by atoms with Gasteiger partial charge in [0.15, 0.2) is 0 Å². The number of alkyl halides is 2. The summed E-state index contributed by atoms with van der Waals surface area (Å²) in [5.74, 6) is -0.0162. The lowest BCUT2D eigenvalue weighted by atomic mass is 9.89. The van der Waals surface area contributed by atoms with Crippen LogP contribution in [0.2, 0.25) is 0 Å². The third-order valence-electron chi connectivity index (χ3n) is 1.77. The van der Waals surface area contributed by atoms with Gasteiger partial charge < -0.3 is 0 Å². The van der Waals surface area contributed by atoms with Crippen LogP contribution in [0.1, 0.15) is 6.92 Å². The SMILES string of the molecule is CC1(F)C=CC=CC1CBr. The van der Waals surface area contributed by atoms with Gasteiger partial charge in [0.05, 0.1) is 0 Å². The molecule has 0 aromatic rings. The standard InChI is InChI=1S/C8H10BrF/c1-8(10)5-3-2-4-7(8)6-9/h2-5,7H,6H2,1H3. The van der Waals surface area contributed by atoms with Crippen LogP contribution in [-0.4, -0.2) is 11.0 Å². The molecule has 0 heterocycles. The first-order valence-corrected chi connectivity index (χ1v) is 4.40. The van der Waals surface area contributed by atoms with Crippen LogP contribution in [0.3, 0.4) is 0 Å². The van der Waals surface area contributed by atoms with Gasteiger partial charge in [0, 0.05) is 11.2 Å². The first-order chi connectivity index (χ1) is 4.67. The Hall–Kier alpha value is -0.110. The molecule has 2 unspecified atom stereocenters. The van der Waals surface area contributed by atoms with Crippen molar-refractivity contribution in [2.75, 3.05) is 5.33 Å². The van der Waals surface area contributed by atoms with Crippen molar-refractivity contribution in [3.8, 4) is 0 Å². The first-order valence-electron chi connectivity index (χ1n) is 3.28. The lowest BCUT2D eigenvalue weighted by Gasteiger charge is -2.25. The predicted molar refractivity (Wildman–Crippen MR) is 45.1 cm³/mol. The van der Waals surface area contributed by atoms with E-state index in [4.69, 9.17) is 0 Å². The molecule has 0 N–H and O–H groups in total. The van der Waals surface area contributed by atoms with Crippen molar-refractivity contribution in [1.29, 1.82) is 0 Å². The summed E-state index contributed by atoms with van der Waals surface area (Å²) in [6.07, 6.45) is 7.11.